The molecule has 10 heavy (non-hydrogen) atoms. The lowest BCUT2D eigenvalue weighted by Crippen LogP contribution is -2.20. The van der Waals surface area contributed by atoms with Gasteiger partial charge in [-0.3, -0.25) is 4.79 Å². The van der Waals surface area contributed by atoms with Gasteiger partial charge >= 0.3 is 5.97 Å². The van der Waals surface area contributed by atoms with Gasteiger partial charge < -0.3 is 5.11 Å². The van der Waals surface area contributed by atoms with Gasteiger partial charge in [-0.2, -0.15) is 0 Å². The van der Waals surface area contributed by atoms with Gasteiger partial charge in [0.1, 0.15) is 0 Å². The second-order valence-corrected chi connectivity index (χ2v) is 2.51. The second-order valence-electron chi connectivity index (χ2n) is 2.51. The van der Waals surface area contributed by atoms with E-state index in [9.17, 15) is 13.6 Å². The summed E-state index contributed by atoms with van der Waals surface area (Å²) in [6, 6.07) is 0. The second kappa shape index (κ2) is 2.94. The molecule has 1 N–H and O–H groups in total. The molecular formula is C6H10F2O2. The largest absolute Gasteiger partial charge is 0.481 e. The van der Waals surface area contributed by atoms with Crippen molar-refractivity contribution in [1.82, 2.24) is 0 Å². The van der Waals surface area contributed by atoms with Crippen molar-refractivity contribution in [3.8, 4) is 0 Å². The zero-order valence-electron chi connectivity index (χ0n) is 5.90. The van der Waals surface area contributed by atoms with Crippen molar-refractivity contribution < 1.29 is 18.7 Å². The molecule has 0 bridgehead atoms. The molecule has 1 atom stereocenters. The van der Waals surface area contributed by atoms with E-state index >= 15 is 0 Å². The Morgan fingerprint density at radius 1 is 1.70 bits per heavy atom. The Kier molecular flexibility index (Phi) is 2.75. The maximum Gasteiger partial charge on any atom is 0.306 e. The van der Waals surface area contributed by atoms with Gasteiger partial charge in [0, 0.05) is 6.42 Å². The molecule has 0 spiro atoms. The number of carbonyl (C=O) groups is 1. The topological polar surface area (TPSA) is 37.3 Å². The van der Waals surface area contributed by atoms with E-state index in [0.717, 1.165) is 0 Å². The van der Waals surface area contributed by atoms with E-state index in [1.54, 1.807) is 0 Å². The summed E-state index contributed by atoms with van der Waals surface area (Å²) in [5.41, 5.74) is 0. The fourth-order valence-electron chi connectivity index (χ4n) is 0.625. The molecule has 0 amide bonds. The summed E-state index contributed by atoms with van der Waals surface area (Å²) in [5, 5.41) is 8.21. The minimum atomic E-state index is -2.88. The molecule has 0 saturated carbocycles. The molecule has 0 aliphatic rings. The minimum absolute atomic E-state index is 0.595. The average Bonchev–Trinajstić information content (AvgIpc) is 1.60. The Bertz CT molecular complexity index is 128. The van der Waals surface area contributed by atoms with Crippen LogP contribution in [0.3, 0.4) is 0 Å². The van der Waals surface area contributed by atoms with Crippen molar-refractivity contribution in [1.29, 1.82) is 0 Å². The zero-order valence-corrected chi connectivity index (χ0v) is 5.90. The number of rotatable bonds is 3. The highest BCUT2D eigenvalue weighted by Gasteiger charge is 2.27. The molecule has 0 radical (unpaired) electrons. The van der Waals surface area contributed by atoms with Crippen LogP contribution in [0.2, 0.25) is 0 Å². The van der Waals surface area contributed by atoms with Gasteiger partial charge in [0.2, 0.25) is 5.92 Å². The van der Waals surface area contributed by atoms with E-state index in [-0.39, 0.29) is 0 Å². The van der Waals surface area contributed by atoms with Crippen molar-refractivity contribution >= 4 is 5.97 Å². The number of halogens is 2. The smallest absolute Gasteiger partial charge is 0.306 e. The van der Waals surface area contributed by atoms with Crippen molar-refractivity contribution in [2.75, 3.05) is 0 Å². The Morgan fingerprint density at radius 2 is 2.10 bits per heavy atom. The number of carboxylic acid groups (broad SMARTS) is 1. The van der Waals surface area contributed by atoms with E-state index < -0.39 is 24.2 Å². The molecule has 0 aromatic carbocycles. The van der Waals surface area contributed by atoms with Gasteiger partial charge in [-0.1, -0.05) is 6.92 Å². The lowest BCUT2D eigenvalue weighted by molar-refractivity contribution is -0.144. The van der Waals surface area contributed by atoms with Gasteiger partial charge in [0.25, 0.3) is 0 Å². The lowest BCUT2D eigenvalue weighted by atomic mass is 10.0. The predicted octanol–water partition coefficient (Wildman–Crippen LogP) is 1.75. The van der Waals surface area contributed by atoms with Gasteiger partial charge in [0.05, 0.1) is 5.92 Å². The first-order chi connectivity index (χ1) is 4.33. The maximum absolute atomic E-state index is 12.1. The molecule has 0 fully saturated rings. The Morgan fingerprint density at radius 3 is 2.20 bits per heavy atom. The Balaban J connectivity index is 3.80. The summed E-state index contributed by atoms with van der Waals surface area (Å²) < 4.78 is 24.1. The van der Waals surface area contributed by atoms with Crippen LogP contribution in [0.5, 0.6) is 0 Å². The lowest BCUT2D eigenvalue weighted by Gasteiger charge is -2.12. The quantitative estimate of drug-likeness (QED) is 0.668. The first-order valence-electron chi connectivity index (χ1n) is 2.93. The van der Waals surface area contributed by atoms with E-state index in [1.165, 1.54) is 6.92 Å². The van der Waals surface area contributed by atoms with Gasteiger partial charge in [-0.15, -0.1) is 0 Å². The monoisotopic (exact) mass is 152 g/mol. The number of hydrogen-bond donors (Lipinski definition) is 1. The highest BCUT2D eigenvalue weighted by molar-refractivity contribution is 5.69. The van der Waals surface area contributed by atoms with Gasteiger partial charge in [-0.05, 0) is 6.92 Å². The number of carboxylic acids is 1. The summed E-state index contributed by atoms with van der Waals surface area (Å²) in [6.45, 7) is 1.98. The third-order valence-electron chi connectivity index (χ3n) is 1.09. The van der Waals surface area contributed by atoms with Gasteiger partial charge in [-0.25, -0.2) is 8.78 Å². The van der Waals surface area contributed by atoms with E-state index in [0.29, 0.717) is 6.92 Å². The highest BCUT2D eigenvalue weighted by Crippen LogP contribution is 2.21. The van der Waals surface area contributed by atoms with Crippen LogP contribution in [0.4, 0.5) is 8.78 Å². The van der Waals surface area contributed by atoms with E-state index in [1.807, 2.05) is 0 Å². The van der Waals surface area contributed by atoms with Gasteiger partial charge in [0.15, 0.2) is 0 Å². The van der Waals surface area contributed by atoms with Crippen LogP contribution in [0, 0.1) is 5.92 Å². The van der Waals surface area contributed by atoms with Crippen LogP contribution in [0.15, 0.2) is 0 Å². The normalized spacial score (nSPS) is 14.8. The molecule has 0 unspecified atom stereocenters. The fraction of sp³-hybridized carbons (Fsp3) is 0.833. The summed E-state index contributed by atoms with van der Waals surface area (Å²) in [4.78, 5) is 10.0. The summed E-state index contributed by atoms with van der Waals surface area (Å²) in [6.07, 6.45) is -0.595. The molecule has 60 valence electrons. The number of aliphatic carboxylic acids is 1. The van der Waals surface area contributed by atoms with Crippen molar-refractivity contribution in [3.05, 3.63) is 0 Å². The van der Waals surface area contributed by atoms with Crippen molar-refractivity contribution in [2.24, 2.45) is 5.92 Å². The third kappa shape index (κ3) is 4.23. The first-order valence-corrected chi connectivity index (χ1v) is 2.93. The van der Waals surface area contributed by atoms with Crippen LogP contribution < -0.4 is 0 Å². The Hall–Kier alpha value is -0.670. The summed E-state index contributed by atoms with van der Waals surface area (Å²) in [7, 11) is 0. The predicted molar refractivity (Wildman–Crippen MR) is 32.0 cm³/mol. The first kappa shape index (κ1) is 9.33. The molecule has 0 heterocycles. The minimum Gasteiger partial charge on any atom is -0.481 e. The van der Waals surface area contributed by atoms with Crippen LogP contribution in [0.1, 0.15) is 20.3 Å². The zero-order chi connectivity index (χ0) is 8.36. The highest BCUT2D eigenvalue weighted by atomic mass is 19.3. The van der Waals surface area contributed by atoms with Crippen LogP contribution >= 0.6 is 0 Å². The molecule has 4 heteroatoms. The van der Waals surface area contributed by atoms with Crippen molar-refractivity contribution in [3.63, 3.8) is 0 Å². The molecule has 0 aromatic rings. The molecule has 2 nitrogen and oxygen atoms in total. The van der Waals surface area contributed by atoms with Crippen LogP contribution in [-0.4, -0.2) is 17.0 Å². The SMILES string of the molecule is C[C@@H](CC(C)(F)F)C(=O)O. The fourth-order valence-corrected chi connectivity index (χ4v) is 0.625. The molecule has 0 rings (SSSR count). The summed E-state index contributed by atoms with van der Waals surface area (Å²) >= 11 is 0. The maximum atomic E-state index is 12.1. The van der Waals surface area contributed by atoms with E-state index in [2.05, 4.69) is 0 Å². The molecule has 0 saturated heterocycles. The number of alkyl halides is 2. The molecule has 0 aliphatic carbocycles. The third-order valence-corrected chi connectivity index (χ3v) is 1.09. The van der Waals surface area contributed by atoms with Crippen molar-refractivity contribution in [2.45, 2.75) is 26.2 Å². The molecule has 0 aliphatic heterocycles. The molecule has 0 aromatic heterocycles. The Labute approximate surface area is 57.9 Å². The molecular weight excluding hydrogens is 142 g/mol. The van der Waals surface area contributed by atoms with Crippen LogP contribution in [0.25, 0.3) is 0 Å². The number of hydrogen-bond acceptors (Lipinski definition) is 1. The average molecular weight is 152 g/mol. The summed E-state index contributed by atoms with van der Waals surface area (Å²) in [5.74, 6) is -5.03. The van der Waals surface area contributed by atoms with Crippen LogP contribution in [-0.2, 0) is 4.79 Å². The van der Waals surface area contributed by atoms with E-state index in [4.69, 9.17) is 5.11 Å². The standard InChI is InChI=1S/C6H10F2O2/c1-4(5(9)10)3-6(2,7)8/h4H,3H2,1-2H3,(H,9,10)/t4-/m0/s1.